The van der Waals surface area contributed by atoms with Crippen LogP contribution in [-0.4, -0.2) is 30.9 Å². The fourth-order valence-electron chi connectivity index (χ4n) is 4.96. The Balaban J connectivity index is 1.65. The first kappa shape index (κ1) is 26.2. The Labute approximate surface area is 215 Å². The van der Waals surface area contributed by atoms with Gasteiger partial charge < -0.3 is 9.88 Å². The van der Waals surface area contributed by atoms with E-state index in [1.807, 2.05) is 18.2 Å². The van der Waals surface area contributed by atoms with Gasteiger partial charge in [-0.2, -0.15) is 0 Å². The fourth-order valence-corrected chi connectivity index (χ4v) is 6.14. The molecule has 1 amide bonds. The Bertz CT molecular complexity index is 1330. The van der Waals surface area contributed by atoms with E-state index in [-0.39, 0.29) is 16.2 Å². The fraction of sp³-hybridized carbons (Fsp3) is 0.500. The third kappa shape index (κ3) is 5.43. The maximum Gasteiger partial charge on any atom is 0.264 e. The molecule has 1 aliphatic rings. The van der Waals surface area contributed by atoms with Crippen LogP contribution in [0, 0.1) is 5.92 Å². The van der Waals surface area contributed by atoms with E-state index >= 15 is 0 Å². The zero-order valence-electron chi connectivity index (χ0n) is 22.0. The highest BCUT2D eigenvalue weighted by Crippen LogP contribution is 2.33. The minimum Gasteiger partial charge on any atom is -0.327 e. The van der Waals surface area contributed by atoms with Gasteiger partial charge in [-0.3, -0.25) is 9.10 Å². The van der Waals surface area contributed by atoms with Crippen molar-refractivity contribution >= 4 is 38.3 Å². The quantitative estimate of drug-likeness (QED) is 0.417. The minimum atomic E-state index is -3.78. The number of nitrogens with one attached hydrogen (secondary N) is 1. The van der Waals surface area contributed by atoms with Gasteiger partial charge in [-0.05, 0) is 61.2 Å². The van der Waals surface area contributed by atoms with E-state index in [0.717, 1.165) is 23.4 Å². The third-order valence-electron chi connectivity index (χ3n) is 7.05. The smallest absolute Gasteiger partial charge is 0.264 e. The highest BCUT2D eigenvalue weighted by Gasteiger charge is 2.27. The molecule has 1 aliphatic carbocycles. The van der Waals surface area contributed by atoms with E-state index in [0.29, 0.717) is 23.7 Å². The van der Waals surface area contributed by atoms with Gasteiger partial charge in [-0.1, -0.05) is 47.0 Å². The number of carbonyl (C=O) groups is 1. The molecular weight excluding hydrogens is 472 g/mol. The molecule has 1 N–H and O–H groups in total. The van der Waals surface area contributed by atoms with Gasteiger partial charge >= 0.3 is 0 Å². The largest absolute Gasteiger partial charge is 0.327 e. The lowest BCUT2D eigenvalue weighted by molar-refractivity contribution is -0.115. The van der Waals surface area contributed by atoms with Crippen molar-refractivity contribution < 1.29 is 13.2 Å². The average molecular weight is 511 g/mol. The van der Waals surface area contributed by atoms with Crippen molar-refractivity contribution in [2.75, 3.05) is 16.7 Å². The van der Waals surface area contributed by atoms with Crippen molar-refractivity contribution in [3.63, 3.8) is 0 Å². The van der Waals surface area contributed by atoms with Crippen molar-refractivity contribution in [1.82, 2.24) is 9.55 Å². The number of rotatable bonds is 7. The molecule has 1 fully saturated rings. The summed E-state index contributed by atoms with van der Waals surface area (Å²) >= 11 is 0. The molecule has 0 saturated heterocycles. The SMILES string of the molecule is CCC(=O)Nc1ccc(S(=O)(=O)N(C)c2ccc3c(c2)nc(C(C)(C)C)n3CC2CCCCC2)cc1. The molecule has 8 heteroatoms. The molecule has 0 bridgehead atoms. The second kappa shape index (κ2) is 10.2. The summed E-state index contributed by atoms with van der Waals surface area (Å²) in [6, 6.07) is 12.0. The number of sulfonamides is 1. The molecule has 3 aromatic rings. The van der Waals surface area contributed by atoms with Crippen LogP contribution in [0.2, 0.25) is 0 Å². The molecule has 1 saturated carbocycles. The highest BCUT2D eigenvalue weighted by molar-refractivity contribution is 7.92. The van der Waals surface area contributed by atoms with Gasteiger partial charge in [0.25, 0.3) is 10.0 Å². The van der Waals surface area contributed by atoms with Gasteiger partial charge in [0.1, 0.15) is 5.82 Å². The molecule has 4 rings (SSSR count). The summed E-state index contributed by atoms with van der Waals surface area (Å²) in [7, 11) is -2.22. The van der Waals surface area contributed by atoms with E-state index in [2.05, 4.69) is 30.7 Å². The molecule has 0 radical (unpaired) electrons. The minimum absolute atomic E-state index is 0.117. The highest BCUT2D eigenvalue weighted by atomic mass is 32.2. The first-order chi connectivity index (χ1) is 17.0. The molecular formula is C28H38N4O3S. The van der Waals surface area contributed by atoms with Crippen molar-refractivity contribution in [2.45, 2.75) is 83.1 Å². The molecule has 0 spiro atoms. The Morgan fingerprint density at radius 3 is 2.36 bits per heavy atom. The summed E-state index contributed by atoms with van der Waals surface area (Å²) in [6.45, 7) is 9.25. The lowest BCUT2D eigenvalue weighted by Crippen LogP contribution is -2.26. The Hall–Kier alpha value is -2.87. The summed E-state index contributed by atoms with van der Waals surface area (Å²) in [6.07, 6.45) is 6.78. The molecule has 0 atom stereocenters. The Morgan fingerprint density at radius 2 is 1.75 bits per heavy atom. The number of hydrogen-bond donors (Lipinski definition) is 1. The zero-order chi connectivity index (χ0) is 26.1. The number of aromatic nitrogens is 2. The predicted molar refractivity (Wildman–Crippen MR) is 146 cm³/mol. The summed E-state index contributed by atoms with van der Waals surface area (Å²) < 4.78 is 30.4. The molecule has 1 heterocycles. The second-order valence-corrected chi connectivity index (χ2v) is 12.8. The number of carbonyl (C=O) groups excluding carboxylic acids is 1. The van der Waals surface area contributed by atoms with Gasteiger partial charge in [0.15, 0.2) is 0 Å². The van der Waals surface area contributed by atoms with Crippen LogP contribution in [0.3, 0.4) is 0 Å². The van der Waals surface area contributed by atoms with Crippen molar-refractivity contribution in [2.24, 2.45) is 5.92 Å². The normalized spacial score (nSPS) is 15.2. The van der Waals surface area contributed by atoms with E-state index in [4.69, 9.17) is 4.98 Å². The van der Waals surface area contributed by atoms with Crippen LogP contribution in [-0.2, 0) is 26.8 Å². The number of hydrogen-bond acceptors (Lipinski definition) is 4. The molecule has 0 aliphatic heterocycles. The van der Waals surface area contributed by atoms with E-state index < -0.39 is 10.0 Å². The molecule has 1 aromatic heterocycles. The number of imidazole rings is 1. The molecule has 2 aromatic carbocycles. The lowest BCUT2D eigenvalue weighted by Gasteiger charge is -2.26. The molecule has 36 heavy (non-hydrogen) atoms. The second-order valence-electron chi connectivity index (χ2n) is 10.9. The van der Waals surface area contributed by atoms with Crippen LogP contribution in [0.25, 0.3) is 11.0 Å². The first-order valence-corrected chi connectivity index (χ1v) is 14.3. The first-order valence-electron chi connectivity index (χ1n) is 12.9. The third-order valence-corrected chi connectivity index (χ3v) is 8.85. The summed E-state index contributed by atoms with van der Waals surface area (Å²) in [5.74, 6) is 1.58. The maximum absolute atomic E-state index is 13.4. The van der Waals surface area contributed by atoms with Gasteiger partial charge in [0, 0.05) is 31.1 Å². The standard InChI is InChI=1S/C28H38N4O3S/c1-6-26(33)29-21-12-15-23(16-13-21)36(34,35)31(5)22-14-17-25-24(18-22)30-27(28(2,3)4)32(25)19-20-10-8-7-9-11-20/h12-18,20H,6-11,19H2,1-5H3,(H,29,33). The summed E-state index contributed by atoms with van der Waals surface area (Å²) in [5, 5.41) is 2.74. The molecule has 7 nitrogen and oxygen atoms in total. The number of anilines is 2. The van der Waals surface area contributed by atoms with E-state index in [9.17, 15) is 13.2 Å². The molecule has 0 unspecified atom stereocenters. The predicted octanol–water partition coefficient (Wildman–Crippen LogP) is 6.09. The van der Waals surface area contributed by atoms with Gasteiger partial charge in [0.05, 0.1) is 21.6 Å². The maximum atomic E-state index is 13.4. The van der Waals surface area contributed by atoms with Crippen molar-refractivity contribution in [3.05, 3.63) is 48.3 Å². The van der Waals surface area contributed by atoms with E-state index in [1.165, 1.54) is 48.5 Å². The van der Waals surface area contributed by atoms with Crippen molar-refractivity contribution in [3.8, 4) is 0 Å². The Kier molecular flexibility index (Phi) is 7.46. The van der Waals surface area contributed by atoms with Crippen LogP contribution in [0.4, 0.5) is 11.4 Å². The van der Waals surface area contributed by atoms with Crippen LogP contribution in [0.1, 0.15) is 72.0 Å². The van der Waals surface area contributed by atoms with Gasteiger partial charge in [-0.25, -0.2) is 13.4 Å². The monoisotopic (exact) mass is 510 g/mol. The van der Waals surface area contributed by atoms with Crippen LogP contribution < -0.4 is 9.62 Å². The summed E-state index contributed by atoms with van der Waals surface area (Å²) in [4.78, 5) is 16.8. The number of amides is 1. The Morgan fingerprint density at radius 1 is 1.08 bits per heavy atom. The van der Waals surface area contributed by atoms with E-state index in [1.54, 1.807) is 26.1 Å². The lowest BCUT2D eigenvalue weighted by atomic mass is 9.88. The van der Waals surface area contributed by atoms with Crippen LogP contribution in [0.15, 0.2) is 47.4 Å². The zero-order valence-corrected chi connectivity index (χ0v) is 22.9. The van der Waals surface area contributed by atoms with Crippen molar-refractivity contribution in [1.29, 1.82) is 0 Å². The number of nitrogens with zero attached hydrogens (tertiary/aromatic N) is 3. The topological polar surface area (TPSA) is 84.3 Å². The van der Waals surface area contributed by atoms with Gasteiger partial charge in [0.2, 0.25) is 5.91 Å². The number of fused-ring (bicyclic) bond motifs is 1. The van der Waals surface area contributed by atoms with Crippen LogP contribution in [0.5, 0.6) is 0 Å². The average Bonchev–Trinajstić information content (AvgIpc) is 3.22. The van der Waals surface area contributed by atoms with Crippen LogP contribution >= 0.6 is 0 Å². The van der Waals surface area contributed by atoms with Gasteiger partial charge in [-0.15, -0.1) is 0 Å². The number of benzene rings is 2. The molecule has 194 valence electrons. The summed E-state index contributed by atoms with van der Waals surface area (Å²) in [5.41, 5.74) is 2.88.